The predicted octanol–water partition coefficient (Wildman–Crippen LogP) is 3.03. The Balaban J connectivity index is 1.36. The Hall–Kier alpha value is -2.64. The number of carbonyl (C=O) groups is 1. The highest BCUT2D eigenvalue weighted by Gasteiger charge is 2.23. The molecule has 7 heteroatoms. The van der Waals surface area contributed by atoms with E-state index in [2.05, 4.69) is 21.1 Å². The van der Waals surface area contributed by atoms with Gasteiger partial charge in [-0.05, 0) is 36.1 Å². The molecule has 1 aliphatic rings. The summed E-state index contributed by atoms with van der Waals surface area (Å²) in [4.78, 5) is 26.1. The van der Waals surface area contributed by atoms with Gasteiger partial charge in [0.05, 0.1) is 12.1 Å². The summed E-state index contributed by atoms with van der Waals surface area (Å²) in [5.74, 6) is 2.32. The number of fused-ring (bicyclic) bond motifs is 1. The summed E-state index contributed by atoms with van der Waals surface area (Å²) in [6.07, 6.45) is 2.08. The fourth-order valence-corrected chi connectivity index (χ4v) is 4.15. The average Bonchev–Trinajstić information content (AvgIpc) is 2.75. The molecule has 6 nitrogen and oxygen atoms in total. The number of nitrogens with two attached hydrogens (primary N) is 1. The van der Waals surface area contributed by atoms with Gasteiger partial charge < -0.3 is 10.6 Å². The van der Waals surface area contributed by atoms with Gasteiger partial charge in [0.1, 0.15) is 11.6 Å². The van der Waals surface area contributed by atoms with Crippen LogP contribution in [-0.2, 0) is 12.3 Å². The van der Waals surface area contributed by atoms with Gasteiger partial charge in [-0.1, -0.05) is 24.3 Å². The van der Waals surface area contributed by atoms with Gasteiger partial charge in [-0.25, -0.2) is 9.97 Å². The van der Waals surface area contributed by atoms with Crippen LogP contribution in [0.15, 0.2) is 48.5 Å². The molecule has 4 rings (SSSR count). The number of para-hydroxylation sites is 1. The molecule has 0 spiro atoms. The summed E-state index contributed by atoms with van der Waals surface area (Å²) in [5, 5.41) is 0.884. The number of amides is 1. The van der Waals surface area contributed by atoms with Crippen molar-refractivity contribution in [2.24, 2.45) is 0 Å². The number of carbonyl (C=O) groups excluding carboxylic acids is 1. The van der Waals surface area contributed by atoms with E-state index in [-0.39, 0.29) is 5.91 Å². The molecular formula is C22H25N5OS. The number of hydrogen-bond acceptors (Lipinski definition) is 6. The lowest BCUT2D eigenvalue weighted by molar-refractivity contribution is 0.0625. The molecule has 0 unspecified atom stereocenters. The smallest absolute Gasteiger partial charge is 0.253 e. The van der Waals surface area contributed by atoms with E-state index in [9.17, 15) is 4.79 Å². The summed E-state index contributed by atoms with van der Waals surface area (Å²) in [7, 11) is 0. The van der Waals surface area contributed by atoms with Gasteiger partial charge >= 0.3 is 0 Å². The summed E-state index contributed by atoms with van der Waals surface area (Å²) in [5.41, 5.74) is 8.97. The van der Waals surface area contributed by atoms with E-state index in [0.717, 1.165) is 41.1 Å². The van der Waals surface area contributed by atoms with Crippen LogP contribution in [0.25, 0.3) is 10.9 Å². The first-order valence-electron chi connectivity index (χ1n) is 9.74. The van der Waals surface area contributed by atoms with Gasteiger partial charge in [0.25, 0.3) is 5.91 Å². The number of piperazine rings is 1. The van der Waals surface area contributed by atoms with Crippen LogP contribution >= 0.6 is 11.8 Å². The van der Waals surface area contributed by atoms with Crippen molar-refractivity contribution in [2.75, 3.05) is 38.2 Å². The Labute approximate surface area is 175 Å². The molecular weight excluding hydrogens is 382 g/mol. The number of hydrogen-bond donors (Lipinski definition) is 1. The number of anilines is 1. The summed E-state index contributed by atoms with van der Waals surface area (Å²) < 4.78 is 0. The molecule has 1 aromatic heterocycles. The van der Waals surface area contributed by atoms with E-state index < -0.39 is 0 Å². The van der Waals surface area contributed by atoms with Crippen molar-refractivity contribution >= 4 is 34.4 Å². The number of rotatable bonds is 5. The minimum atomic E-state index is 0.103. The van der Waals surface area contributed by atoms with Crippen LogP contribution in [0.3, 0.4) is 0 Å². The zero-order chi connectivity index (χ0) is 20.2. The number of aromatic nitrogens is 2. The molecule has 2 N–H and O–H groups in total. The fraction of sp³-hybridized carbons (Fsp3) is 0.318. The lowest BCUT2D eigenvalue weighted by Crippen LogP contribution is -2.48. The normalized spacial score (nSPS) is 15.0. The van der Waals surface area contributed by atoms with Gasteiger partial charge in [-0.15, -0.1) is 0 Å². The maximum atomic E-state index is 12.8. The predicted molar refractivity (Wildman–Crippen MR) is 119 cm³/mol. The van der Waals surface area contributed by atoms with Crippen LogP contribution < -0.4 is 5.73 Å². The van der Waals surface area contributed by atoms with Crippen LogP contribution in [-0.4, -0.2) is 58.1 Å². The molecule has 1 amide bonds. The van der Waals surface area contributed by atoms with Crippen molar-refractivity contribution in [1.29, 1.82) is 0 Å². The summed E-state index contributed by atoms with van der Waals surface area (Å²) >= 11 is 1.78. The molecule has 1 saturated heterocycles. The molecule has 1 aliphatic heterocycles. The highest BCUT2D eigenvalue weighted by atomic mass is 32.2. The van der Waals surface area contributed by atoms with E-state index in [1.807, 2.05) is 53.4 Å². The third-order valence-electron chi connectivity index (χ3n) is 5.22. The maximum Gasteiger partial charge on any atom is 0.253 e. The van der Waals surface area contributed by atoms with E-state index in [1.165, 1.54) is 5.56 Å². The fourth-order valence-electron chi connectivity index (χ4n) is 3.62. The Bertz CT molecular complexity index is 1000. The Morgan fingerprint density at radius 1 is 1.03 bits per heavy atom. The lowest BCUT2D eigenvalue weighted by Gasteiger charge is -2.34. The first kappa shape index (κ1) is 19.7. The molecule has 1 fully saturated rings. The molecule has 0 atom stereocenters. The minimum absolute atomic E-state index is 0.103. The number of thioether (sulfide) groups is 1. The van der Waals surface area contributed by atoms with Crippen molar-refractivity contribution in [2.45, 2.75) is 12.3 Å². The molecule has 2 heterocycles. The number of nitrogen functional groups attached to an aromatic ring is 1. The molecule has 0 saturated carbocycles. The first-order chi connectivity index (χ1) is 14.1. The topological polar surface area (TPSA) is 75.4 Å². The Morgan fingerprint density at radius 3 is 2.48 bits per heavy atom. The number of benzene rings is 2. The molecule has 0 bridgehead atoms. The van der Waals surface area contributed by atoms with Crippen LogP contribution in [0.5, 0.6) is 0 Å². The van der Waals surface area contributed by atoms with Crippen molar-refractivity contribution in [3.63, 3.8) is 0 Å². The SMILES string of the molecule is CSCc1ccc(C(=O)N2CCN(Cc3nc(N)c4ccccc4n3)CC2)cc1. The van der Waals surface area contributed by atoms with E-state index in [1.54, 1.807) is 11.8 Å². The lowest BCUT2D eigenvalue weighted by atomic mass is 10.1. The molecule has 0 aliphatic carbocycles. The molecule has 29 heavy (non-hydrogen) atoms. The third kappa shape index (κ3) is 4.52. The highest BCUT2D eigenvalue weighted by Crippen LogP contribution is 2.18. The maximum absolute atomic E-state index is 12.8. The summed E-state index contributed by atoms with van der Waals surface area (Å²) in [6, 6.07) is 15.7. The third-order valence-corrected chi connectivity index (χ3v) is 5.84. The van der Waals surface area contributed by atoms with Crippen LogP contribution in [0, 0.1) is 0 Å². The zero-order valence-electron chi connectivity index (χ0n) is 16.5. The van der Waals surface area contributed by atoms with E-state index in [4.69, 9.17) is 5.73 Å². The van der Waals surface area contributed by atoms with Crippen LogP contribution in [0.4, 0.5) is 5.82 Å². The number of nitrogens with zero attached hydrogens (tertiary/aromatic N) is 4. The second-order valence-electron chi connectivity index (χ2n) is 7.24. The Kier molecular flexibility index (Phi) is 5.97. The van der Waals surface area contributed by atoms with Gasteiger partial charge in [-0.3, -0.25) is 9.69 Å². The van der Waals surface area contributed by atoms with Gasteiger partial charge in [0, 0.05) is 42.9 Å². The zero-order valence-corrected chi connectivity index (χ0v) is 17.4. The standard InChI is InChI=1S/C22H25N5OS/c1-29-15-16-6-8-17(9-7-16)22(28)27-12-10-26(11-13-27)14-20-24-19-5-3-2-4-18(19)21(23)25-20/h2-9H,10-15H2,1H3,(H2,23,24,25). The monoisotopic (exact) mass is 407 g/mol. The molecule has 3 aromatic rings. The van der Waals surface area contributed by atoms with E-state index in [0.29, 0.717) is 25.5 Å². The highest BCUT2D eigenvalue weighted by molar-refractivity contribution is 7.97. The average molecular weight is 408 g/mol. The van der Waals surface area contributed by atoms with Crippen LogP contribution in [0.1, 0.15) is 21.7 Å². The molecule has 2 aromatic carbocycles. The van der Waals surface area contributed by atoms with Crippen LogP contribution in [0.2, 0.25) is 0 Å². The van der Waals surface area contributed by atoms with Crippen molar-refractivity contribution in [3.8, 4) is 0 Å². The van der Waals surface area contributed by atoms with E-state index >= 15 is 0 Å². The second-order valence-corrected chi connectivity index (χ2v) is 8.11. The van der Waals surface area contributed by atoms with Gasteiger partial charge in [-0.2, -0.15) is 11.8 Å². The van der Waals surface area contributed by atoms with Gasteiger partial charge in [0.2, 0.25) is 0 Å². The van der Waals surface area contributed by atoms with Crippen molar-refractivity contribution < 1.29 is 4.79 Å². The van der Waals surface area contributed by atoms with Crippen molar-refractivity contribution in [1.82, 2.24) is 19.8 Å². The molecule has 0 radical (unpaired) electrons. The summed E-state index contributed by atoms with van der Waals surface area (Å²) in [6.45, 7) is 3.64. The largest absolute Gasteiger partial charge is 0.383 e. The minimum Gasteiger partial charge on any atom is -0.383 e. The van der Waals surface area contributed by atoms with Gasteiger partial charge in [0.15, 0.2) is 0 Å². The Morgan fingerprint density at radius 2 is 1.76 bits per heavy atom. The van der Waals surface area contributed by atoms with Crippen molar-refractivity contribution in [3.05, 3.63) is 65.5 Å². The molecule has 150 valence electrons. The first-order valence-corrected chi connectivity index (χ1v) is 11.1. The quantitative estimate of drug-likeness (QED) is 0.701. The second kappa shape index (κ2) is 8.80.